The van der Waals surface area contributed by atoms with Crippen molar-refractivity contribution in [3.05, 3.63) is 47.1 Å². The van der Waals surface area contributed by atoms with Gasteiger partial charge in [-0.1, -0.05) is 11.6 Å². The number of alkyl halides is 3. The summed E-state index contributed by atoms with van der Waals surface area (Å²) in [5, 5.41) is 14.9. The Morgan fingerprint density at radius 2 is 1.97 bits per heavy atom. The number of aryl methyl sites for hydroxylation is 1. The van der Waals surface area contributed by atoms with Gasteiger partial charge >= 0.3 is 6.18 Å². The number of aromatic amines is 1. The minimum atomic E-state index is -4.50. The van der Waals surface area contributed by atoms with E-state index in [-0.39, 0.29) is 11.1 Å². The van der Waals surface area contributed by atoms with E-state index in [9.17, 15) is 18.3 Å². The van der Waals surface area contributed by atoms with Gasteiger partial charge in [0.2, 0.25) is 0 Å². The topological polar surface area (TPSA) is 118 Å². The van der Waals surface area contributed by atoms with Gasteiger partial charge < -0.3 is 25.7 Å². The lowest BCUT2D eigenvalue weighted by Crippen LogP contribution is -2.43. The number of aliphatic hydroxyl groups is 1. The molecule has 8 nitrogen and oxygen atoms in total. The number of halogens is 4. The van der Waals surface area contributed by atoms with E-state index < -0.39 is 17.8 Å². The maximum Gasteiger partial charge on any atom is 0.417 e. The summed E-state index contributed by atoms with van der Waals surface area (Å²) in [5.74, 6) is 2.05. The van der Waals surface area contributed by atoms with E-state index in [4.69, 9.17) is 17.3 Å². The van der Waals surface area contributed by atoms with E-state index in [1.54, 1.807) is 0 Å². The number of fused-ring (bicyclic) bond motifs is 2. The van der Waals surface area contributed by atoms with Crippen LogP contribution in [0, 0.1) is 11.8 Å². The van der Waals surface area contributed by atoms with Gasteiger partial charge in [0.1, 0.15) is 23.6 Å². The van der Waals surface area contributed by atoms with E-state index in [0.717, 1.165) is 55.7 Å². The van der Waals surface area contributed by atoms with E-state index in [1.807, 2.05) is 16.8 Å². The van der Waals surface area contributed by atoms with Gasteiger partial charge in [-0.05, 0) is 68.7 Å². The number of nitrogens with zero attached hydrogens (tertiary/aromatic N) is 4. The quantitative estimate of drug-likeness (QED) is 0.262. The molecule has 3 aromatic heterocycles. The Labute approximate surface area is 221 Å². The minimum absolute atomic E-state index is 0.0337. The summed E-state index contributed by atoms with van der Waals surface area (Å²) in [5.41, 5.74) is 6.66. The van der Waals surface area contributed by atoms with Crippen molar-refractivity contribution in [3.63, 3.8) is 0 Å². The third kappa shape index (κ3) is 4.83. The summed E-state index contributed by atoms with van der Waals surface area (Å²) in [6.07, 6.45) is 3.77. The average molecular weight is 548 g/mol. The van der Waals surface area contributed by atoms with Gasteiger partial charge in [-0.15, -0.1) is 0 Å². The zero-order valence-electron chi connectivity index (χ0n) is 20.5. The molecule has 0 amide bonds. The number of hydrogen-bond donors (Lipinski definition) is 4. The van der Waals surface area contributed by atoms with Crippen molar-refractivity contribution in [3.8, 4) is 0 Å². The molecule has 38 heavy (non-hydrogen) atoms. The number of benzene rings is 1. The monoisotopic (exact) mass is 547 g/mol. The fourth-order valence-electron chi connectivity index (χ4n) is 6.05. The van der Waals surface area contributed by atoms with Crippen LogP contribution < -0.4 is 11.1 Å². The van der Waals surface area contributed by atoms with Crippen molar-refractivity contribution in [2.45, 2.75) is 62.9 Å². The summed E-state index contributed by atoms with van der Waals surface area (Å²) in [6.45, 7) is 0.854. The first kappa shape index (κ1) is 25.4. The van der Waals surface area contributed by atoms with Crippen LogP contribution in [0.2, 0.25) is 5.02 Å². The second-order valence-electron chi connectivity index (χ2n) is 10.7. The molecule has 2 fully saturated rings. The maximum absolute atomic E-state index is 13.1. The van der Waals surface area contributed by atoms with Gasteiger partial charge in [0.05, 0.1) is 39.2 Å². The van der Waals surface area contributed by atoms with Gasteiger partial charge in [-0.3, -0.25) is 0 Å². The number of aromatic nitrogens is 5. The molecule has 6 rings (SSSR count). The number of anilines is 1. The van der Waals surface area contributed by atoms with Crippen molar-refractivity contribution in [2.24, 2.45) is 11.8 Å². The van der Waals surface area contributed by atoms with Crippen molar-refractivity contribution >= 4 is 39.5 Å². The number of nitrogen functional groups attached to an aromatic ring is 1. The first-order valence-electron chi connectivity index (χ1n) is 12.9. The Morgan fingerprint density at radius 1 is 1.16 bits per heavy atom. The van der Waals surface area contributed by atoms with Gasteiger partial charge in [0.25, 0.3) is 0 Å². The molecule has 3 atom stereocenters. The van der Waals surface area contributed by atoms with E-state index in [0.29, 0.717) is 47.0 Å². The van der Waals surface area contributed by atoms with E-state index in [2.05, 4.69) is 25.3 Å². The summed E-state index contributed by atoms with van der Waals surface area (Å²) in [4.78, 5) is 15.9. The molecule has 2 aliphatic carbocycles. The molecule has 3 heterocycles. The Bertz CT molecular complexity index is 1460. The lowest BCUT2D eigenvalue weighted by molar-refractivity contribution is -0.137. The molecule has 5 N–H and O–H groups in total. The fourth-order valence-corrected chi connectivity index (χ4v) is 6.31. The summed E-state index contributed by atoms with van der Waals surface area (Å²) in [7, 11) is 0. The van der Waals surface area contributed by atoms with Crippen LogP contribution in [0.4, 0.5) is 19.0 Å². The number of nitrogens with one attached hydrogen (secondary N) is 2. The van der Waals surface area contributed by atoms with Crippen LogP contribution >= 0.6 is 11.6 Å². The van der Waals surface area contributed by atoms with Crippen LogP contribution in [0.25, 0.3) is 22.1 Å². The van der Waals surface area contributed by atoms with Gasteiger partial charge in [-0.2, -0.15) is 13.2 Å². The Hall–Kier alpha value is -2.89. The van der Waals surface area contributed by atoms with Gasteiger partial charge in [0, 0.05) is 18.7 Å². The van der Waals surface area contributed by atoms with Crippen molar-refractivity contribution in [2.75, 3.05) is 12.3 Å². The van der Waals surface area contributed by atoms with Gasteiger partial charge in [-0.25, -0.2) is 15.0 Å². The number of aliphatic hydroxyl groups excluding tert-OH is 1. The fraction of sp³-hybridized carbons (Fsp3) is 0.500. The second-order valence-corrected chi connectivity index (χ2v) is 11.1. The molecule has 0 aliphatic heterocycles. The standard InChI is InChI=1S/C26H29ClF3N7O/c27-18-10-20-19(9-17(18)26(28,29)30)35-23(36-20)2-1-13-5-15(6-13)32-11-14-7-21(22(38)8-14)37-4-3-16-24(31)33-12-34-25(16)37/h3-4,9-10,12-15,21-22,32,38H,1-2,5-8,11H2,(H,35,36)(H2,31,33,34)/t13-,14-,15-,21+,22+/m0/s1. The van der Waals surface area contributed by atoms with Crippen molar-refractivity contribution in [1.29, 1.82) is 0 Å². The smallest absolute Gasteiger partial charge is 0.391 e. The van der Waals surface area contributed by atoms with Crippen LogP contribution in [0.3, 0.4) is 0 Å². The summed E-state index contributed by atoms with van der Waals surface area (Å²) < 4.78 is 41.4. The molecule has 202 valence electrons. The van der Waals surface area contributed by atoms with Crippen LogP contribution in [-0.2, 0) is 12.6 Å². The lowest BCUT2D eigenvalue weighted by atomic mass is 9.77. The number of hydrogen-bond acceptors (Lipinski definition) is 6. The number of imidazole rings is 1. The highest BCUT2D eigenvalue weighted by atomic mass is 35.5. The number of nitrogens with two attached hydrogens (primary N) is 1. The van der Waals surface area contributed by atoms with Crippen molar-refractivity contribution < 1.29 is 18.3 Å². The highest BCUT2D eigenvalue weighted by Crippen LogP contribution is 2.39. The summed E-state index contributed by atoms with van der Waals surface area (Å²) >= 11 is 5.81. The molecule has 4 aromatic rings. The predicted octanol–water partition coefficient (Wildman–Crippen LogP) is 4.88. The van der Waals surface area contributed by atoms with E-state index in [1.165, 1.54) is 12.4 Å². The second kappa shape index (κ2) is 9.69. The largest absolute Gasteiger partial charge is 0.417 e. The highest BCUT2D eigenvalue weighted by Gasteiger charge is 2.37. The van der Waals surface area contributed by atoms with E-state index >= 15 is 0 Å². The predicted molar refractivity (Wildman–Crippen MR) is 139 cm³/mol. The first-order valence-corrected chi connectivity index (χ1v) is 13.3. The Balaban J connectivity index is 0.971. The molecule has 2 aliphatic rings. The first-order chi connectivity index (χ1) is 18.2. The molecule has 0 radical (unpaired) electrons. The molecular formula is C26H29ClF3N7O. The molecule has 0 saturated heterocycles. The molecule has 0 bridgehead atoms. The molecule has 0 spiro atoms. The van der Waals surface area contributed by atoms with Crippen LogP contribution in [0.5, 0.6) is 0 Å². The molecule has 2 saturated carbocycles. The Kier molecular flexibility index (Phi) is 6.48. The third-order valence-electron chi connectivity index (χ3n) is 8.14. The molecule has 1 aromatic carbocycles. The molecule has 12 heteroatoms. The minimum Gasteiger partial charge on any atom is -0.391 e. The van der Waals surface area contributed by atoms with Crippen LogP contribution in [0.1, 0.15) is 49.5 Å². The Morgan fingerprint density at radius 3 is 2.76 bits per heavy atom. The molecule has 0 unspecified atom stereocenters. The zero-order valence-corrected chi connectivity index (χ0v) is 21.3. The number of rotatable bonds is 7. The van der Waals surface area contributed by atoms with Crippen LogP contribution in [-0.4, -0.2) is 48.3 Å². The van der Waals surface area contributed by atoms with Crippen molar-refractivity contribution in [1.82, 2.24) is 29.8 Å². The average Bonchev–Trinajstić information content (AvgIpc) is 3.53. The zero-order chi connectivity index (χ0) is 26.6. The normalized spacial score (nSPS) is 25.9. The summed E-state index contributed by atoms with van der Waals surface area (Å²) in [6, 6.07) is 4.62. The lowest BCUT2D eigenvalue weighted by Gasteiger charge is -2.36. The third-order valence-corrected chi connectivity index (χ3v) is 8.45. The van der Waals surface area contributed by atoms with Gasteiger partial charge in [0.15, 0.2) is 0 Å². The number of H-pyrrole nitrogens is 1. The maximum atomic E-state index is 13.1. The van der Waals surface area contributed by atoms with Crippen LogP contribution in [0.15, 0.2) is 30.7 Å². The SMILES string of the molecule is Nc1ncnc2c1ccn2[C@@H]1C[C@H](CN[C@H]2C[C@H](CCc3nc4cc(Cl)c(C(F)(F)F)cc4[nH]3)C2)C[C@H]1O. The highest BCUT2D eigenvalue weighted by molar-refractivity contribution is 6.32. The molecular weight excluding hydrogens is 519 g/mol.